The van der Waals surface area contributed by atoms with Crippen LogP contribution < -0.4 is 5.32 Å². The maximum absolute atomic E-state index is 11.4. The minimum Gasteiger partial charge on any atom is -0.450 e. The lowest BCUT2D eigenvalue weighted by Crippen LogP contribution is -2.34. The predicted molar refractivity (Wildman–Crippen MR) is 83.4 cm³/mol. The van der Waals surface area contributed by atoms with Crippen LogP contribution in [0.1, 0.15) is 60.8 Å². The fraction of sp³-hybridized carbons (Fsp3) is 0.875. The van der Waals surface area contributed by atoms with Crippen LogP contribution in [-0.4, -0.2) is 37.2 Å². The van der Waals surface area contributed by atoms with E-state index >= 15 is 0 Å². The molecular formula is C16H31NO4. The largest absolute Gasteiger partial charge is 0.450 e. The molecule has 0 aromatic heterocycles. The highest BCUT2D eigenvalue weighted by Gasteiger charge is 2.25. The Morgan fingerprint density at radius 2 is 1.67 bits per heavy atom. The van der Waals surface area contributed by atoms with Crippen molar-refractivity contribution in [3.05, 3.63) is 0 Å². The van der Waals surface area contributed by atoms with E-state index in [9.17, 15) is 9.59 Å². The highest BCUT2D eigenvalue weighted by Crippen LogP contribution is 2.23. The molecule has 0 aliphatic carbocycles. The van der Waals surface area contributed by atoms with Crippen molar-refractivity contribution in [3.63, 3.8) is 0 Å². The number of rotatable bonds is 10. The Morgan fingerprint density at radius 3 is 2.19 bits per heavy atom. The van der Waals surface area contributed by atoms with Crippen molar-refractivity contribution in [1.82, 2.24) is 5.32 Å². The fourth-order valence-corrected chi connectivity index (χ4v) is 1.54. The number of amides is 1. The van der Waals surface area contributed by atoms with Crippen LogP contribution in [0, 0.1) is 5.41 Å². The Bertz CT molecular complexity index is 337. The number of hydrogen-bond donors (Lipinski definition) is 1. The van der Waals surface area contributed by atoms with Gasteiger partial charge in [-0.25, -0.2) is 4.79 Å². The summed E-state index contributed by atoms with van der Waals surface area (Å²) in [4.78, 5) is 22.7. The molecule has 0 heterocycles. The second-order valence-electron chi connectivity index (χ2n) is 6.61. The van der Waals surface area contributed by atoms with Crippen LogP contribution >= 0.6 is 0 Å². The summed E-state index contributed by atoms with van der Waals surface area (Å²) < 4.78 is 10.8. The van der Waals surface area contributed by atoms with Crippen LogP contribution in [0.25, 0.3) is 0 Å². The van der Waals surface area contributed by atoms with Gasteiger partial charge in [-0.05, 0) is 40.0 Å². The quantitative estimate of drug-likeness (QED) is 0.672. The predicted octanol–water partition coefficient (Wildman–Crippen LogP) is 3.31. The van der Waals surface area contributed by atoms with Crippen LogP contribution in [0.2, 0.25) is 0 Å². The molecule has 0 aliphatic rings. The summed E-state index contributed by atoms with van der Waals surface area (Å²) in [5, 5.41) is 2.70. The smallest absolute Gasteiger partial charge is 0.407 e. The normalized spacial score (nSPS) is 12.1. The molecule has 1 N–H and O–H groups in total. The lowest BCUT2D eigenvalue weighted by atomic mass is 9.86. The minimum atomic E-state index is -0.384. The summed E-state index contributed by atoms with van der Waals surface area (Å²) in [5.41, 5.74) is -0.691. The van der Waals surface area contributed by atoms with Crippen molar-refractivity contribution in [2.75, 3.05) is 19.8 Å². The van der Waals surface area contributed by atoms with Gasteiger partial charge in [-0.1, -0.05) is 20.8 Å². The molecule has 0 bridgehead atoms. The van der Waals surface area contributed by atoms with Crippen molar-refractivity contribution in [3.8, 4) is 0 Å². The number of ketones is 1. The monoisotopic (exact) mass is 301 g/mol. The Kier molecular flexibility index (Phi) is 8.55. The van der Waals surface area contributed by atoms with Crippen molar-refractivity contribution in [2.45, 2.75) is 66.4 Å². The number of carbonyl (C=O) groups excluding carboxylic acids is 2. The maximum Gasteiger partial charge on any atom is 0.407 e. The third-order valence-corrected chi connectivity index (χ3v) is 3.61. The second kappa shape index (κ2) is 9.03. The zero-order valence-electron chi connectivity index (χ0n) is 14.4. The Hall–Kier alpha value is -1.10. The van der Waals surface area contributed by atoms with Gasteiger partial charge in [-0.2, -0.15) is 0 Å². The Morgan fingerprint density at radius 1 is 1.05 bits per heavy atom. The van der Waals surface area contributed by atoms with Gasteiger partial charge in [0.25, 0.3) is 0 Å². The highest BCUT2D eigenvalue weighted by atomic mass is 16.5. The molecule has 21 heavy (non-hydrogen) atoms. The van der Waals surface area contributed by atoms with Crippen LogP contribution in [0.15, 0.2) is 0 Å². The molecule has 0 spiro atoms. The van der Waals surface area contributed by atoms with Crippen molar-refractivity contribution >= 4 is 11.9 Å². The topological polar surface area (TPSA) is 64.6 Å². The molecule has 0 saturated heterocycles. The van der Waals surface area contributed by atoms with Crippen molar-refractivity contribution in [2.24, 2.45) is 5.41 Å². The summed E-state index contributed by atoms with van der Waals surface area (Å²) in [6.07, 6.45) is 1.81. The average Bonchev–Trinajstić information content (AvgIpc) is 2.35. The van der Waals surface area contributed by atoms with Gasteiger partial charge in [-0.15, -0.1) is 0 Å². The van der Waals surface area contributed by atoms with Crippen molar-refractivity contribution in [1.29, 1.82) is 0 Å². The molecule has 0 unspecified atom stereocenters. The average molecular weight is 301 g/mol. The molecular weight excluding hydrogens is 270 g/mol. The standard InChI is InChI=1S/C16H31NO4/c1-7-11-20-14(19)17-10-8-16(5,6)21-12-9-15(3,4)13(2)18/h7-12H2,1-6H3,(H,17,19). The number of hydrogen-bond acceptors (Lipinski definition) is 4. The lowest BCUT2D eigenvalue weighted by molar-refractivity contribution is -0.126. The third kappa shape index (κ3) is 9.45. The van der Waals surface area contributed by atoms with Gasteiger partial charge in [0, 0.05) is 18.6 Å². The van der Waals surface area contributed by atoms with Crippen LogP contribution in [0.5, 0.6) is 0 Å². The van der Waals surface area contributed by atoms with E-state index in [0.29, 0.717) is 32.6 Å². The van der Waals surface area contributed by atoms with E-state index in [1.54, 1.807) is 6.92 Å². The van der Waals surface area contributed by atoms with Crippen molar-refractivity contribution < 1.29 is 19.1 Å². The van der Waals surface area contributed by atoms with Crippen LogP contribution in [0.4, 0.5) is 4.79 Å². The van der Waals surface area contributed by atoms with Crippen LogP contribution in [-0.2, 0) is 14.3 Å². The molecule has 0 atom stereocenters. The molecule has 0 fully saturated rings. The highest BCUT2D eigenvalue weighted by molar-refractivity contribution is 5.81. The van der Waals surface area contributed by atoms with Gasteiger partial charge in [0.05, 0.1) is 12.2 Å². The van der Waals surface area contributed by atoms with Gasteiger partial charge in [0.1, 0.15) is 5.78 Å². The number of alkyl carbamates (subject to hydrolysis) is 1. The number of nitrogens with one attached hydrogen (secondary N) is 1. The molecule has 0 aliphatic heterocycles. The maximum atomic E-state index is 11.4. The van der Waals surface area contributed by atoms with Gasteiger partial charge in [0.15, 0.2) is 0 Å². The van der Waals surface area contributed by atoms with E-state index in [1.165, 1.54) is 0 Å². The SMILES string of the molecule is CCCOC(=O)NCCC(C)(C)OCCC(C)(C)C(C)=O. The van der Waals surface area contributed by atoms with Gasteiger partial charge in [-0.3, -0.25) is 4.79 Å². The van der Waals surface area contributed by atoms with Gasteiger partial charge in [0.2, 0.25) is 0 Å². The lowest BCUT2D eigenvalue weighted by Gasteiger charge is -2.28. The Balaban J connectivity index is 3.93. The molecule has 5 heteroatoms. The van der Waals surface area contributed by atoms with Crippen LogP contribution in [0.3, 0.4) is 0 Å². The molecule has 0 aromatic carbocycles. The summed E-state index contributed by atoms with van der Waals surface area (Å²) in [5.74, 6) is 0.171. The third-order valence-electron chi connectivity index (χ3n) is 3.61. The van der Waals surface area contributed by atoms with E-state index in [-0.39, 0.29) is 22.9 Å². The summed E-state index contributed by atoms with van der Waals surface area (Å²) in [7, 11) is 0. The first-order valence-corrected chi connectivity index (χ1v) is 7.66. The zero-order chi connectivity index (χ0) is 16.5. The van der Waals surface area contributed by atoms with Gasteiger partial charge >= 0.3 is 6.09 Å². The first-order valence-electron chi connectivity index (χ1n) is 7.66. The van der Waals surface area contributed by atoms with E-state index < -0.39 is 0 Å². The molecule has 5 nitrogen and oxygen atoms in total. The molecule has 0 aromatic rings. The number of carbonyl (C=O) groups is 2. The zero-order valence-corrected chi connectivity index (χ0v) is 14.4. The second-order valence-corrected chi connectivity index (χ2v) is 6.61. The first-order chi connectivity index (χ1) is 9.60. The summed E-state index contributed by atoms with van der Waals surface area (Å²) in [6, 6.07) is 0. The van der Waals surface area contributed by atoms with E-state index in [2.05, 4.69) is 5.32 Å². The van der Waals surface area contributed by atoms with Gasteiger partial charge < -0.3 is 14.8 Å². The summed E-state index contributed by atoms with van der Waals surface area (Å²) >= 11 is 0. The number of ether oxygens (including phenoxy) is 2. The molecule has 0 rings (SSSR count). The summed E-state index contributed by atoms with van der Waals surface area (Å²) in [6.45, 7) is 12.8. The molecule has 1 amide bonds. The number of Topliss-reactive ketones (excluding diaryl/α,β-unsaturated/α-hetero) is 1. The Labute approximate surface area is 128 Å². The fourth-order valence-electron chi connectivity index (χ4n) is 1.54. The van der Waals surface area contributed by atoms with E-state index in [1.807, 2.05) is 34.6 Å². The molecule has 0 saturated carbocycles. The first kappa shape index (κ1) is 19.9. The molecule has 124 valence electrons. The minimum absolute atomic E-state index is 0.171. The molecule has 0 radical (unpaired) electrons. The van der Waals surface area contributed by atoms with E-state index in [0.717, 1.165) is 6.42 Å². The van der Waals surface area contributed by atoms with E-state index in [4.69, 9.17) is 9.47 Å².